The lowest BCUT2D eigenvalue weighted by Crippen LogP contribution is -2.45. The summed E-state index contributed by atoms with van der Waals surface area (Å²) in [5.41, 5.74) is 0.868. The van der Waals surface area contributed by atoms with Crippen LogP contribution in [0.25, 0.3) is 0 Å². The monoisotopic (exact) mass is 327 g/mol. The summed E-state index contributed by atoms with van der Waals surface area (Å²) in [5.74, 6) is -1.55. The van der Waals surface area contributed by atoms with Crippen molar-refractivity contribution in [3.63, 3.8) is 0 Å². The summed E-state index contributed by atoms with van der Waals surface area (Å²) in [6.45, 7) is 1.58. The largest absolute Gasteiger partial charge is 0.480 e. The van der Waals surface area contributed by atoms with Gasteiger partial charge in [-0.25, -0.2) is 4.79 Å². The van der Waals surface area contributed by atoms with E-state index < -0.39 is 17.9 Å². The molecule has 0 saturated heterocycles. The van der Waals surface area contributed by atoms with Crippen LogP contribution in [0.5, 0.6) is 0 Å². The number of hydrogen-bond acceptors (Lipinski definition) is 3. The van der Waals surface area contributed by atoms with Gasteiger partial charge in [0, 0.05) is 18.1 Å². The molecule has 3 N–H and O–H groups in total. The van der Waals surface area contributed by atoms with Crippen molar-refractivity contribution in [3.05, 3.63) is 34.9 Å². The van der Waals surface area contributed by atoms with Crippen LogP contribution in [0.3, 0.4) is 0 Å². The van der Waals surface area contributed by atoms with Crippen LogP contribution in [0, 0.1) is 0 Å². The van der Waals surface area contributed by atoms with E-state index in [1.807, 2.05) is 0 Å². The average molecular weight is 328 g/mol. The van der Waals surface area contributed by atoms with Crippen molar-refractivity contribution in [2.45, 2.75) is 13.5 Å². The maximum absolute atomic E-state index is 11.7. The number of amides is 3. The smallest absolute Gasteiger partial charge is 0.323 e. The highest BCUT2D eigenvalue weighted by atomic mass is 35.5. The van der Waals surface area contributed by atoms with Gasteiger partial charge in [-0.3, -0.25) is 9.59 Å². The van der Waals surface area contributed by atoms with Crippen molar-refractivity contribution >= 4 is 29.5 Å². The second kappa shape index (κ2) is 8.89. The summed E-state index contributed by atoms with van der Waals surface area (Å²) in [4.78, 5) is 35.0. The molecule has 0 saturated carbocycles. The second-order valence-electron chi connectivity index (χ2n) is 4.46. The van der Waals surface area contributed by atoms with Crippen molar-refractivity contribution < 1.29 is 19.5 Å². The number of carbonyl (C=O) groups is 3. The molecule has 0 atom stereocenters. The Morgan fingerprint density at radius 2 is 1.82 bits per heavy atom. The van der Waals surface area contributed by atoms with Gasteiger partial charge < -0.3 is 20.6 Å². The Morgan fingerprint density at radius 3 is 2.36 bits per heavy atom. The molecule has 0 spiro atoms. The summed E-state index contributed by atoms with van der Waals surface area (Å²) in [6, 6.07) is 6.48. The van der Waals surface area contributed by atoms with Gasteiger partial charge in [0.05, 0.1) is 6.54 Å². The molecule has 0 aliphatic carbocycles. The Labute approximate surface area is 133 Å². The maximum Gasteiger partial charge on any atom is 0.323 e. The average Bonchev–Trinajstić information content (AvgIpc) is 2.49. The van der Waals surface area contributed by atoms with Crippen molar-refractivity contribution in [1.82, 2.24) is 15.5 Å². The molecule has 0 bridgehead atoms. The quantitative estimate of drug-likeness (QED) is 0.697. The summed E-state index contributed by atoms with van der Waals surface area (Å²) in [7, 11) is 0. The first kappa shape index (κ1) is 17.8. The molecule has 0 fully saturated rings. The molecule has 0 aliphatic heterocycles. The van der Waals surface area contributed by atoms with Gasteiger partial charge in [0.2, 0.25) is 5.91 Å². The highest BCUT2D eigenvalue weighted by Crippen LogP contribution is 2.08. The van der Waals surface area contributed by atoms with Crippen LogP contribution < -0.4 is 10.6 Å². The van der Waals surface area contributed by atoms with E-state index in [1.54, 1.807) is 31.2 Å². The van der Waals surface area contributed by atoms with Gasteiger partial charge in [-0.1, -0.05) is 23.7 Å². The first-order valence-electron chi connectivity index (χ1n) is 6.68. The van der Waals surface area contributed by atoms with Gasteiger partial charge in [0.25, 0.3) is 0 Å². The highest BCUT2D eigenvalue weighted by Gasteiger charge is 2.15. The molecule has 0 unspecified atom stereocenters. The van der Waals surface area contributed by atoms with E-state index in [9.17, 15) is 14.4 Å². The number of carboxylic acid groups (broad SMARTS) is 1. The van der Waals surface area contributed by atoms with Crippen LogP contribution in [0.2, 0.25) is 5.02 Å². The van der Waals surface area contributed by atoms with Crippen molar-refractivity contribution in [2.24, 2.45) is 0 Å². The minimum Gasteiger partial charge on any atom is -0.480 e. The molecule has 1 aromatic rings. The predicted octanol–water partition coefficient (Wildman–Crippen LogP) is 1.07. The minimum atomic E-state index is -1.10. The third-order valence-electron chi connectivity index (χ3n) is 2.83. The Balaban J connectivity index is 2.34. The van der Waals surface area contributed by atoms with Crippen LogP contribution in [0.4, 0.5) is 4.79 Å². The van der Waals surface area contributed by atoms with Gasteiger partial charge >= 0.3 is 12.0 Å². The Hall–Kier alpha value is -2.28. The lowest BCUT2D eigenvalue weighted by molar-refractivity contribution is -0.143. The van der Waals surface area contributed by atoms with E-state index in [0.29, 0.717) is 11.6 Å². The zero-order valence-electron chi connectivity index (χ0n) is 12.1. The standard InChI is InChI=1S/C14H18ClN3O4/c1-2-18(9-13(20)21)12(19)8-17-14(22)16-7-10-3-5-11(15)6-4-10/h3-6H,2,7-9H2,1H3,(H,20,21)(H2,16,17,22). The van der Waals surface area contributed by atoms with Crippen LogP contribution in [0.1, 0.15) is 12.5 Å². The van der Waals surface area contributed by atoms with Gasteiger partial charge in [0.1, 0.15) is 6.54 Å². The molecule has 22 heavy (non-hydrogen) atoms. The number of nitrogens with zero attached hydrogens (tertiary/aromatic N) is 1. The lowest BCUT2D eigenvalue weighted by Gasteiger charge is -2.18. The maximum atomic E-state index is 11.7. The van der Waals surface area contributed by atoms with Crippen LogP contribution in [-0.4, -0.2) is 47.5 Å². The van der Waals surface area contributed by atoms with E-state index in [4.69, 9.17) is 16.7 Å². The molecule has 0 radical (unpaired) electrons. The Bertz CT molecular complexity index is 533. The number of hydrogen-bond donors (Lipinski definition) is 3. The first-order chi connectivity index (χ1) is 10.4. The van der Waals surface area contributed by atoms with Crippen LogP contribution in [0.15, 0.2) is 24.3 Å². The third-order valence-corrected chi connectivity index (χ3v) is 3.08. The number of halogens is 1. The van der Waals surface area contributed by atoms with Crippen LogP contribution >= 0.6 is 11.6 Å². The number of carbonyl (C=O) groups excluding carboxylic acids is 2. The fourth-order valence-electron chi connectivity index (χ4n) is 1.65. The molecule has 0 heterocycles. The van der Waals surface area contributed by atoms with Gasteiger partial charge in [-0.05, 0) is 24.6 Å². The molecular weight excluding hydrogens is 310 g/mol. The second-order valence-corrected chi connectivity index (χ2v) is 4.90. The molecule has 120 valence electrons. The van der Waals surface area contributed by atoms with E-state index >= 15 is 0 Å². The first-order valence-corrected chi connectivity index (χ1v) is 7.06. The van der Waals surface area contributed by atoms with Gasteiger partial charge in [0.15, 0.2) is 0 Å². The SMILES string of the molecule is CCN(CC(=O)O)C(=O)CNC(=O)NCc1ccc(Cl)cc1. The highest BCUT2D eigenvalue weighted by molar-refractivity contribution is 6.30. The summed E-state index contributed by atoms with van der Waals surface area (Å²) in [5, 5.41) is 14.3. The van der Waals surface area contributed by atoms with Gasteiger partial charge in [-0.15, -0.1) is 0 Å². The normalized spacial score (nSPS) is 9.91. The zero-order chi connectivity index (χ0) is 16.5. The number of carboxylic acids is 1. The van der Waals surface area contributed by atoms with Gasteiger partial charge in [-0.2, -0.15) is 0 Å². The molecule has 3 amide bonds. The van der Waals surface area contributed by atoms with Crippen molar-refractivity contribution in [3.8, 4) is 0 Å². The molecule has 7 nitrogen and oxygen atoms in total. The third kappa shape index (κ3) is 6.45. The predicted molar refractivity (Wildman–Crippen MR) is 81.6 cm³/mol. The molecule has 1 rings (SSSR count). The lowest BCUT2D eigenvalue weighted by atomic mass is 10.2. The zero-order valence-corrected chi connectivity index (χ0v) is 12.9. The number of rotatable bonds is 7. The molecule has 0 aromatic heterocycles. The summed E-state index contributed by atoms with van der Waals surface area (Å²) in [6.07, 6.45) is 0. The molecule has 1 aromatic carbocycles. The topological polar surface area (TPSA) is 98.7 Å². The minimum absolute atomic E-state index is 0.256. The fourth-order valence-corrected chi connectivity index (χ4v) is 1.78. The molecular formula is C14H18ClN3O4. The number of benzene rings is 1. The molecule has 0 aliphatic rings. The van der Waals surface area contributed by atoms with Crippen molar-refractivity contribution in [1.29, 1.82) is 0 Å². The van der Waals surface area contributed by atoms with E-state index in [1.165, 1.54) is 0 Å². The number of urea groups is 1. The summed E-state index contributed by atoms with van der Waals surface area (Å²) < 4.78 is 0. The number of nitrogens with one attached hydrogen (secondary N) is 2. The van der Waals surface area contributed by atoms with Crippen LogP contribution in [-0.2, 0) is 16.1 Å². The Morgan fingerprint density at radius 1 is 1.18 bits per heavy atom. The van der Waals surface area contributed by atoms with E-state index in [-0.39, 0.29) is 19.6 Å². The fraction of sp³-hybridized carbons (Fsp3) is 0.357. The summed E-state index contributed by atoms with van der Waals surface area (Å²) >= 11 is 5.75. The van der Waals surface area contributed by atoms with Crippen molar-refractivity contribution in [2.75, 3.05) is 19.6 Å². The Kier molecular flexibility index (Phi) is 7.18. The van der Waals surface area contributed by atoms with E-state index in [2.05, 4.69) is 10.6 Å². The van der Waals surface area contributed by atoms with E-state index in [0.717, 1.165) is 10.5 Å². The number of aliphatic carboxylic acids is 1. The molecule has 8 heteroatoms. The number of likely N-dealkylation sites (N-methyl/N-ethyl adjacent to an activating group) is 1.